The van der Waals surface area contributed by atoms with Gasteiger partial charge in [-0.1, -0.05) is 6.08 Å². The van der Waals surface area contributed by atoms with E-state index in [4.69, 9.17) is 4.74 Å². The van der Waals surface area contributed by atoms with Gasteiger partial charge in [0.2, 0.25) is 0 Å². The maximum atomic E-state index is 11.5. The van der Waals surface area contributed by atoms with Crippen LogP contribution in [0.5, 0.6) is 0 Å². The number of carbonyl (C=O) groups is 2. The molecular weight excluding hydrogens is 222 g/mol. The summed E-state index contributed by atoms with van der Waals surface area (Å²) in [6.07, 6.45) is 1.66. The summed E-state index contributed by atoms with van der Waals surface area (Å²) in [5.74, 6) is -0.382. The first-order chi connectivity index (χ1) is 7.78. The van der Waals surface area contributed by atoms with Crippen molar-refractivity contribution < 1.29 is 19.1 Å². The molecule has 5 nitrogen and oxygen atoms in total. The van der Waals surface area contributed by atoms with Gasteiger partial charge < -0.3 is 14.8 Å². The fourth-order valence-corrected chi connectivity index (χ4v) is 1.15. The molecule has 0 aromatic carbocycles. The Morgan fingerprint density at radius 1 is 1.41 bits per heavy atom. The smallest absolute Gasteiger partial charge is 0.407 e. The van der Waals surface area contributed by atoms with Crippen LogP contribution in [0.3, 0.4) is 0 Å². The predicted octanol–water partition coefficient (Wildman–Crippen LogP) is 2.02. The molecule has 0 aliphatic heterocycles. The summed E-state index contributed by atoms with van der Waals surface area (Å²) in [6, 6.07) is -0.352. The molecule has 0 spiro atoms. The predicted molar refractivity (Wildman–Crippen MR) is 64.6 cm³/mol. The highest BCUT2D eigenvalue weighted by Gasteiger charge is 2.20. The molecule has 0 bridgehead atoms. The van der Waals surface area contributed by atoms with Crippen molar-refractivity contribution in [3.8, 4) is 0 Å². The maximum absolute atomic E-state index is 11.5. The van der Waals surface area contributed by atoms with Crippen LogP contribution in [-0.2, 0) is 14.3 Å². The minimum Gasteiger partial charge on any atom is -0.469 e. The number of methoxy groups -OCH3 is 1. The third kappa shape index (κ3) is 8.30. The first-order valence-corrected chi connectivity index (χ1v) is 5.45. The van der Waals surface area contributed by atoms with Crippen LogP contribution in [0, 0.1) is 0 Å². The molecule has 0 aromatic rings. The van der Waals surface area contributed by atoms with E-state index in [1.807, 2.05) is 0 Å². The topological polar surface area (TPSA) is 64.6 Å². The number of ether oxygens (including phenoxy) is 2. The number of rotatable bonds is 5. The van der Waals surface area contributed by atoms with Gasteiger partial charge >= 0.3 is 12.1 Å². The van der Waals surface area contributed by atoms with Crippen molar-refractivity contribution in [3.05, 3.63) is 12.7 Å². The molecule has 17 heavy (non-hydrogen) atoms. The van der Waals surface area contributed by atoms with Crippen molar-refractivity contribution in [1.82, 2.24) is 5.32 Å². The van der Waals surface area contributed by atoms with Gasteiger partial charge in [-0.25, -0.2) is 4.79 Å². The Morgan fingerprint density at radius 3 is 2.41 bits per heavy atom. The van der Waals surface area contributed by atoms with Gasteiger partial charge in [-0.2, -0.15) is 0 Å². The van der Waals surface area contributed by atoms with Gasteiger partial charge in [0.15, 0.2) is 0 Å². The van der Waals surface area contributed by atoms with Gasteiger partial charge in [-0.15, -0.1) is 6.58 Å². The molecule has 98 valence electrons. The van der Waals surface area contributed by atoms with Crippen LogP contribution in [0.4, 0.5) is 4.79 Å². The minimum absolute atomic E-state index is 0.0990. The third-order valence-corrected chi connectivity index (χ3v) is 1.81. The van der Waals surface area contributed by atoms with Crippen molar-refractivity contribution in [2.24, 2.45) is 0 Å². The monoisotopic (exact) mass is 243 g/mol. The van der Waals surface area contributed by atoms with E-state index in [0.29, 0.717) is 6.42 Å². The van der Waals surface area contributed by atoms with Crippen LogP contribution in [0.2, 0.25) is 0 Å². The lowest BCUT2D eigenvalue weighted by Crippen LogP contribution is -2.40. The van der Waals surface area contributed by atoms with E-state index in [9.17, 15) is 9.59 Å². The summed E-state index contributed by atoms with van der Waals surface area (Å²) in [7, 11) is 1.31. The molecule has 1 N–H and O–H groups in total. The zero-order chi connectivity index (χ0) is 13.5. The molecule has 1 atom stereocenters. The van der Waals surface area contributed by atoms with Crippen LogP contribution < -0.4 is 5.32 Å². The minimum atomic E-state index is -0.561. The number of nitrogens with one attached hydrogen (secondary N) is 1. The van der Waals surface area contributed by atoms with Crippen molar-refractivity contribution in [3.63, 3.8) is 0 Å². The molecule has 1 amide bonds. The highest BCUT2D eigenvalue weighted by Crippen LogP contribution is 2.08. The van der Waals surface area contributed by atoms with Gasteiger partial charge in [0.1, 0.15) is 5.60 Å². The second kappa shape index (κ2) is 6.93. The van der Waals surface area contributed by atoms with E-state index in [1.165, 1.54) is 7.11 Å². The second-order valence-electron chi connectivity index (χ2n) is 4.65. The zero-order valence-corrected chi connectivity index (χ0v) is 10.9. The summed E-state index contributed by atoms with van der Waals surface area (Å²) < 4.78 is 9.64. The standard InChI is InChI=1S/C12H21NO4/c1-6-7-9(8-10(14)16-5)13-11(15)17-12(2,3)4/h6,9H,1,7-8H2,2-5H3,(H,13,15)/t9-/m0/s1. The average Bonchev–Trinajstić information content (AvgIpc) is 2.14. The summed E-state index contributed by atoms with van der Waals surface area (Å²) in [5.41, 5.74) is -0.561. The molecule has 5 heteroatoms. The van der Waals surface area contributed by atoms with Gasteiger partial charge in [0, 0.05) is 6.04 Å². The number of hydrogen-bond donors (Lipinski definition) is 1. The SMILES string of the molecule is C=CC[C@@H](CC(=O)OC)NC(=O)OC(C)(C)C. The third-order valence-electron chi connectivity index (χ3n) is 1.81. The second-order valence-corrected chi connectivity index (χ2v) is 4.65. The lowest BCUT2D eigenvalue weighted by Gasteiger charge is -2.22. The molecule has 0 heterocycles. The van der Waals surface area contributed by atoms with Gasteiger partial charge in [-0.05, 0) is 27.2 Å². The summed E-state index contributed by atoms with van der Waals surface area (Å²) >= 11 is 0. The molecule has 0 aliphatic carbocycles. The van der Waals surface area contributed by atoms with E-state index in [1.54, 1.807) is 26.8 Å². The molecule has 0 saturated heterocycles. The largest absolute Gasteiger partial charge is 0.469 e. The molecule has 0 saturated carbocycles. The fraction of sp³-hybridized carbons (Fsp3) is 0.667. The van der Waals surface area contributed by atoms with Crippen LogP contribution in [0.15, 0.2) is 12.7 Å². The average molecular weight is 243 g/mol. The van der Waals surface area contributed by atoms with Gasteiger partial charge in [0.25, 0.3) is 0 Å². The highest BCUT2D eigenvalue weighted by atomic mass is 16.6. The number of carbonyl (C=O) groups excluding carboxylic acids is 2. The summed E-state index contributed by atoms with van der Waals surface area (Å²) in [5, 5.41) is 2.61. The Bertz CT molecular complexity index is 281. The van der Waals surface area contributed by atoms with Crippen LogP contribution >= 0.6 is 0 Å². The molecule has 0 aliphatic rings. The zero-order valence-electron chi connectivity index (χ0n) is 10.9. The first-order valence-electron chi connectivity index (χ1n) is 5.45. The Kier molecular flexibility index (Phi) is 6.31. The molecular formula is C12H21NO4. The molecule has 0 aromatic heterocycles. The van der Waals surface area contributed by atoms with E-state index in [2.05, 4.69) is 16.6 Å². The highest BCUT2D eigenvalue weighted by molar-refractivity contribution is 5.72. The van der Waals surface area contributed by atoms with E-state index >= 15 is 0 Å². The lowest BCUT2D eigenvalue weighted by atomic mass is 10.1. The maximum Gasteiger partial charge on any atom is 0.407 e. The Balaban J connectivity index is 4.29. The number of amides is 1. The lowest BCUT2D eigenvalue weighted by molar-refractivity contribution is -0.141. The molecule has 0 radical (unpaired) electrons. The van der Waals surface area contributed by atoms with Gasteiger partial charge in [0.05, 0.1) is 13.5 Å². The van der Waals surface area contributed by atoms with Crippen molar-refractivity contribution in [1.29, 1.82) is 0 Å². The Labute approximate surface area is 102 Å². The summed E-state index contributed by atoms with van der Waals surface area (Å²) in [6.45, 7) is 8.89. The van der Waals surface area contributed by atoms with Crippen LogP contribution in [-0.4, -0.2) is 30.8 Å². The van der Waals surface area contributed by atoms with Crippen LogP contribution in [0.25, 0.3) is 0 Å². The number of esters is 1. The molecule has 0 unspecified atom stereocenters. The Hall–Kier alpha value is -1.52. The quantitative estimate of drug-likeness (QED) is 0.592. The van der Waals surface area contributed by atoms with E-state index < -0.39 is 11.7 Å². The summed E-state index contributed by atoms with van der Waals surface area (Å²) in [4.78, 5) is 22.6. The van der Waals surface area contributed by atoms with E-state index in [0.717, 1.165) is 0 Å². The molecule has 0 rings (SSSR count). The Morgan fingerprint density at radius 2 is 2.00 bits per heavy atom. The molecule has 0 fully saturated rings. The van der Waals surface area contributed by atoms with Crippen LogP contribution in [0.1, 0.15) is 33.6 Å². The van der Waals surface area contributed by atoms with E-state index in [-0.39, 0.29) is 18.4 Å². The number of alkyl carbamates (subject to hydrolysis) is 1. The van der Waals surface area contributed by atoms with Crippen molar-refractivity contribution >= 4 is 12.1 Å². The normalized spacial score (nSPS) is 12.5. The first kappa shape index (κ1) is 15.5. The van der Waals surface area contributed by atoms with Crippen molar-refractivity contribution in [2.45, 2.75) is 45.3 Å². The number of hydrogen-bond acceptors (Lipinski definition) is 4. The van der Waals surface area contributed by atoms with Crippen molar-refractivity contribution in [2.75, 3.05) is 7.11 Å². The fourth-order valence-electron chi connectivity index (χ4n) is 1.15. The van der Waals surface area contributed by atoms with Gasteiger partial charge in [-0.3, -0.25) is 4.79 Å².